The number of H-pyrrole nitrogens is 2. The number of ether oxygens (including phenoxy) is 1. The third kappa shape index (κ3) is 3.96. The van der Waals surface area contributed by atoms with Crippen molar-refractivity contribution < 1.29 is 9.53 Å². The van der Waals surface area contributed by atoms with E-state index in [0.717, 1.165) is 33.4 Å². The summed E-state index contributed by atoms with van der Waals surface area (Å²) in [5.41, 5.74) is 11.9. The summed E-state index contributed by atoms with van der Waals surface area (Å²) in [4.78, 5) is 16.7. The van der Waals surface area contributed by atoms with Crippen molar-refractivity contribution >= 4 is 22.5 Å². The van der Waals surface area contributed by atoms with Crippen molar-refractivity contribution in [3.63, 3.8) is 0 Å². The maximum absolute atomic E-state index is 13.4. The van der Waals surface area contributed by atoms with Crippen LogP contribution >= 0.6 is 0 Å². The first-order chi connectivity index (χ1) is 18.5. The minimum absolute atomic E-state index is 0.237. The molecule has 0 aliphatic carbocycles. The molecule has 0 aliphatic rings. The van der Waals surface area contributed by atoms with Crippen molar-refractivity contribution in [2.45, 2.75) is 6.92 Å². The maximum atomic E-state index is 13.4. The number of aromatic amines is 2. The molecular formula is C29H21N7O2. The number of nitrogen functional groups attached to an aromatic ring is 1. The Balaban J connectivity index is 1.29. The van der Waals surface area contributed by atoms with E-state index in [0.29, 0.717) is 28.3 Å². The van der Waals surface area contributed by atoms with E-state index >= 15 is 0 Å². The average molecular weight is 500 g/mol. The third-order valence-corrected chi connectivity index (χ3v) is 6.35. The molecule has 4 N–H and O–H groups in total. The monoisotopic (exact) mass is 499 g/mol. The Morgan fingerprint density at radius 2 is 1.89 bits per heavy atom. The summed E-state index contributed by atoms with van der Waals surface area (Å²) in [6.45, 7) is 1.91. The van der Waals surface area contributed by atoms with E-state index in [4.69, 9.17) is 15.7 Å². The molecule has 9 nitrogen and oxygen atoms in total. The predicted octanol–water partition coefficient (Wildman–Crippen LogP) is 5.53. The Morgan fingerprint density at radius 1 is 1.05 bits per heavy atom. The molecule has 0 radical (unpaired) electrons. The number of ketones is 1. The van der Waals surface area contributed by atoms with E-state index in [1.54, 1.807) is 41.2 Å². The molecule has 9 heteroatoms. The van der Waals surface area contributed by atoms with Gasteiger partial charge in [-0.1, -0.05) is 18.2 Å². The minimum atomic E-state index is -0.254. The van der Waals surface area contributed by atoms with E-state index < -0.39 is 0 Å². The highest BCUT2D eigenvalue weighted by atomic mass is 16.5. The number of hydrogen-bond acceptors (Lipinski definition) is 6. The standard InChI is InChI=1S/C29H21N7O2/c1-17-12-20(38-19-5-2-4-18(13-19)15-30)8-9-27(17)36-29(31)23(16-33-36)28(37)26-14-22-21(25-10-11-32-35-25)6-3-7-24(22)34-26/h2-14,16,34H,31H2,1H3,(H,32,35). The topological polar surface area (TPSA) is 138 Å². The summed E-state index contributed by atoms with van der Waals surface area (Å²) < 4.78 is 7.46. The molecular weight excluding hydrogens is 478 g/mol. The molecule has 6 rings (SSSR count). The number of carbonyl (C=O) groups excluding carboxylic acids is 1. The largest absolute Gasteiger partial charge is 0.457 e. The quantitative estimate of drug-likeness (QED) is 0.258. The summed E-state index contributed by atoms with van der Waals surface area (Å²) >= 11 is 0. The van der Waals surface area contributed by atoms with E-state index in [1.807, 2.05) is 49.4 Å². The fraction of sp³-hybridized carbons (Fsp3) is 0.0345. The molecule has 0 atom stereocenters. The predicted molar refractivity (Wildman–Crippen MR) is 143 cm³/mol. The van der Waals surface area contributed by atoms with Crippen LogP contribution in [-0.2, 0) is 0 Å². The molecule has 0 fully saturated rings. The van der Waals surface area contributed by atoms with Crippen LogP contribution in [0.2, 0.25) is 0 Å². The van der Waals surface area contributed by atoms with Crippen LogP contribution in [0.4, 0.5) is 5.82 Å². The van der Waals surface area contributed by atoms with Gasteiger partial charge in [0, 0.05) is 22.7 Å². The van der Waals surface area contributed by atoms with E-state index in [9.17, 15) is 4.79 Å². The number of nitrogens with zero attached hydrogens (tertiary/aromatic N) is 4. The molecule has 0 amide bonds. The number of anilines is 1. The van der Waals surface area contributed by atoms with Gasteiger partial charge in [0.05, 0.1) is 40.5 Å². The summed E-state index contributed by atoms with van der Waals surface area (Å²) in [5, 5.41) is 21.4. The zero-order valence-corrected chi connectivity index (χ0v) is 20.3. The van der Waals surface area contributed by atoms with E-state index in [2.05, 4.69) is 26.3 Å². The van der Waals surface area contributed by atoms with Crippen molar-refractivity contribution in [1.29, 1.82) is 5.26 Å². The summed E-state index contributed by atoms with van der Waals surface area (Å²) in [7, 11) is 0. The molecule has 0 saturated heterocycles. The lowest BCUT2D eigenvalue weighted by Crippen LogP contribution is -2.08. The number of hydrogen-bond donors (Lipinski definition) is 3. The van der Waals surface area contributed by atoms with Gasteiger partial charge in [-0.15, -0.1) is 0 Å². The summed E-state index contributed by atoms with van der Waals surface area (Å²) in [6, 6.07) is 24.0. The molecule has 38 heavy (non-hydrogen) atoms. The van der Waals surface area contributed by atoms with Gasteiger partial charge < -0.3 is 15.5 Å². The Kier molecular flexibility index (Phi) is 5.47. The van der Waals surface area contributed by atoms with Gasteiger partial charge in [-0.2, -0.15) is 15.5 Å². The van der Waals surface area contributed by atoms with Gasteiger partial charge in [0.25, 0.3) is 0 Å². The van der Waals surface area contributed by atoms with Crippen molar-refractivity contribution in [3.8, 4) is 34.5 Å². The number of carbonyl (C=O) groups is 1. The second-order valence-corrected chi connectivity index (χ2v) is 8.79. The van der Waals surface area contributed by atoms with Crippen molar-refractivity contribution in [1.82, 2.24) is 25.0 Å². The second-order valence-electron chi connectivity index (χ2n) is 8.79. The Bertz CT molecular complexity index is 1860. The molecule has 3 aromatic heterocycles. The van der Waals surface area contributed by atoms with Crippen LogP contribution in [0, 0.1) is 18.3 Å². The Morgan fingerprint density at radius 3 is 2.68 bits per heavy atom. The highest BCUT2D eigenvalue weighted by molar-refractivity contribution is 6.13. The molecule has 0 aliphatic heterocycles. The lowest BCUT2D eigenvalue weighted by molar-refractivity contribution is 0.103. The summed E-state index contributed by atoms with van der Waals surface area (Å²) in [5.74, 6) is 1.16. The van der Waals surface area contributed by atoms with Crippen LogP contribution in [0.15, 0.2) is 85.2 Å². The first-order valence-corrected chi connectivity index (χ1v) is 11.8. The number of rotatable bonds is 6. The van der Waals surface area contributed by atoms with Gasteiger partial charge in [-0.25, -0.2) is 4.68 Å². The van der Waals surface area contributed by atoms with Gasteiger partial charge in [0.1, 0.15) is 17.3 Å². The number of benzene rings is 3. The first-order valence-electron chi connectivity index (χ1n) is 11.8. The number of nitrogens with one attached hydrogen (secondary N) is 2. The van der Waals surface area contributed by atoms with Crippen LogP contribution in [0.5, 0.6) is 11.5 Å². The van der Waals surface area contributed by atoms with Gasteiger partial charge in [-0.05, 0) is 67.1 Å². The highest BCUT2D eigenvalue weighted by Gasteiger charge is 2.21. The lowest BCUT2D eigenvalue weighted by atomic mass is 10.1. The Hall–Kier alpha value is -5.62. The van der Waals surface area contributed by atoms with Crippen LogP contribution in [0.3, 0.4) is 0 Å². The third-order valence-electron chi connectivity index (χ3n) is 6.35. The van der Waals surface area contributed by atoms with Crippen molar-refractivity contribution in [3.05, 3.63) is 108 Å². The number of nitriles is 1. The first kappa shape index (κ1) is 22.8. The molecule has 0 spiro atoms. The van der Waals surface area contributed by atoms with E-state index in [1.165, 1.54) is 6.20 Å². The van der Waals surface area contributed by atoms with Crippen molar-refractivity contribution in [2.75, 3.05) is 5.73 Å². The maximum Gasteiger partial charge on any atom is 0.214 e. The number of fused-ring (bicyclic) bond motifs is 1. The van der Waals surface area contributed by atoms with Gasteiger partial charge in [-0.3, -0.25) is 9.89 Å². The van der Waals surface area contributed by atoms with Crippen molar-refractivity contribution in [2.24, 2.45) is 0 Å². The summed E-state index contributed by atoms with van der Waals surface area (Å²) in [6.07, 6.45) is 3.17. The zero-order chi connectivity index (χ0) is 26.2. The van der Waals surface area contributed by atoms with Gasteiger partial charge >= 0.3 is 0 Å². The average Bonchev–Trinajstić information content (AvgIpc) is 3.69. The SMILES string of the molecule is Cc1cc(Oc2cccc(C#N)c2)ccc1-n1ncc(C(=O)c2cc3c(-c4ccn[nH]4)cccc3[nH]2)c1N. The molecule has 0 saturated carbocycles. The van der Waals surface area contributed by atoms with Gasteiger partial charge in [0.2, 0.25) is 5.78 Å². The fourth-order valence-electron chi connectivity index (χ4n) is 4.48. The van der Waals surface area contributed by atoms with Crippen LogP contribution in [0.25, 0.3) is 27.8 Å². The second kappa shape index (κ2) is 9.11. The molecule has 184 valence electrons. The molecule has 3 heterocycles. The molecule has 0 unspecified atom stereocenters. The normalized spacial score (nSPS) is 10.9. The lowest BCUT2D eigenvalue weighted by Gasteiger charge is -2.11. The number of aryl methyl sites for hydroxylation is 1. The Labute approximate surface area is 217 Å². The minimum Gasteiger partial charge on any atom is -0.457 e. The number of aromatic nitrogens is 5. The highest BCUT2D eigenvalue weighted by Crippen LogP contribution is 2.31. The molecule has 3 aromatic carbocycles. The van der Waals surface area contributed by atoms with E-state index in [-0.39, 0.29) is 11.6 Å². The molecule has 6 aromatic rings. The number of nitrogens with two attached hydrogens (primary N) is 1. The van der Waals surface area contributed by atoms with Crippen LogP contribution in [-0.4, -0.2) is 30.7 Å². The smallest absolute Gasteiger partial charge is 0.214 e. The van der Waals surface area contributed by atoms with Crippen LogP contribution < -0.4 is 10.5 Å². The van der Waals surface area contributed by atoms with Crippen LogP contribution in [0.1, 0.15) is 27.2 Å². The van der Waals surface area contributed by atoms with Gasteiger partial charge in [0.15, 0.2) is 0 Å². The zero-order valence-electron chi connectivity index (χ0n) is 20.3. The molecule has 0 bridgehead atoms. The fourth-order valence-corrected chi connectivity index (χ4v) is 4.48.